The number of imidazole rings is 1. The van der Waals surface area contributed by atoms with Crippen molar-refractivity contribution in [1.29, 1.82) is 0 Å². The van der Waals surface area contributed by atoms with Crippen LogP contribution in [0.2, 0.25) is 0 Å². The third kappa shape index (κ3) is 2.17. The minimum atomic E-state index is -0.923. The second-order valence-corrected chi connectivity index (χ2v) is 4.43. The summed E-state index contributed by atoms with van der Waals surface area (Å²) in [6.07, 6.45) is 0. The Kier molecular flexibility index (Phi) is 3.12. The van der Waals surface area contributed by atoms with Crippen molar-refractivity contribution in [2.75, 3.05) is 6.54 Å². The van der Waals surface area contributed by atoms with Crippen LogP contribution < -0.4 is 5.73 Å². The minimum Gasteiger partial charge on any atom is -0.480 e. The van der Waals surface area contributed by atoms with Crippen LogP contribution in [0.3, 0.4) is 0 Å². The van der Waals surface area contributed by atoms with E-state index in [9.17, 15) is 4.79 Å². The molecule has 0 bridgehead atoms. The van der Waals surface area contributed by atoms with Gasteiger partial charge in [-0.25, -0.2) is 4.98 Å². The molecule has 0 aliphatic carbocycles. The number of para-hydroxylation sites is 2. The average Bonchev–Trinajstić information content (AvgIpc) is 2.67. The van der Waals surface area contributed by atoms with E-state index in [4.69, 9.17) is 10.8 Å². The Bertz CT molecular complexity index is 478. The highest BCUT2D eigenvalue weighted by atomic mass is 32.2. The number of rotatable bonds is 4. The molecule has 2 aromatic rings. The summed E-state index contributed by atoms with van der Waals surface area (Å²) in [7, 11) is 0. The van der Waals surface area contributed by atoms with Gasteiger partial charge in [-0.05, 0) is 12.1 Å². The largest absolute Gasteiger partial charge is 0.480 e. The van der Waals surface area contributed by atoms with Gasteiger partial charge in [-0.1, -0.05) is 23.9 Å². The van der Waals surface area contributed by atoms with Crippen molar-refractivity contribution >= 4 is 28.8 Å². The number of hydrogen-bond acceptors (Lipinski definition) is 4. The first-order chi connectivity index (χ1) is 7.70. The minimum absolute atomic E-state index is 0.0804. The van der Waals surface area contributed by atoms with E-state index in [0.717, 1.165) is 22.8 Å². The summed E-state index contributed by atoms with van der Waals surface area (Å²) < 4.78 is 0. The van der Waals surface area contributed by atoms with Crippen LogP contribution in [0, 0.1) is 0 Å². The molecule has 1 unspecified atom stereocenters. The fraction of sp³-hybridized carbons (Fsp3) is 0.200. The zero-order valence-corrected chi connectivity index (χ0v) is 9.20. The van der Waals surface area contributed by atoms with Crippen LogP contribution in [0.5, 0.6) is 0 Å². The highest BCUT2D eigenvalue weighted by Crippen LogP contribution is 2.22. The summed E-state index contributed by atoms with van der Waals surface area (Å²) in [5, 5.41) is 8.78. The van der Waals surface area contributed by atoms with Crippen molar-refractivity contribution in [3.63, 3.8) is 0 Å². The molecule has 0 spiro atoms. The Morgan fingerprint density at radius 3 is 2.94 bits per heavy atom. The monoisotopic (exact) mass is 237 g/mol. The zero-order valence-electron chi connectivity index (χ0n) is 8.38. The number of aromatic amines is 1. The number of fused-ring (bicyclic) bond motifs is 1. The molecular weight excluding hydrogens is 226 g/mol. The summed E-state index contributed by atoms with van der Waals surface area (Å²) in [5.41, 5.74) is 7.09. The number of aliphatic carboxylic acids is 1. The maximum Gasteiger partial charge on any atom is 0.318 e. The number of nitrogens with zero attached hydrogens (tertiary/aromatic N) is 1. The second-order valence-electron chi connectivity index (χ2n) is 3.24. The Morgan fingerprint density at radius 2 is 2.31 bits per heavy atom. The summed E-state index contributed by atoms with van der Waals surface area (Å²) in [4.78, 5) is 18.1. The third-order valence-electron chi connectivity index (χ3n) is 2.11. The van der Waals surface area contributed by atoms with Gasteiger partial charge < -0.3 is 15.8 Å². The van der Waals surface area contributed by atoms with Crippen molar-refractivity contribution in [2.24, 2.45) is 5.73 Å². The van der Waals surface area contributed by atoms with Crippen LogP contribution in [0.4, 0.5) is 0 Å². The van der Waals surface area contributed by atoms with E-state index in [-0.39, 0.29) is 6.54 Å². The molecule has 0 saturated carbocycles. The maximum absolute atomic E-state index is 10.8. The first-order valence-electron chi connectivity index (χ1n) is 4.75. The topological polar surface area (TPSA) is 92.0 Å². The fourth-order valence-electron chi connectivity index (χ4n) is 1.32. The summed E-state index contributed by atoms with van der Waals surface area (Å²) >= 11 is 1.13. The van der Waals surface area contributed by atoms with Gasteiger partial charge in [-0.2, -0.15) is 0 Å². The Balaban J connectivity index is 2.24. The van der Waals surface area contributed by atoms with Crippen LogP contribution in [0.1, 0.15) is 0 Å². The lowest BCUT2D eigenvalue weighted by molar-refractivity contribution is -0.136. The van der Waals surface area contributed by atoms with Gasteiger partial charge in [0.25, 0.3) is 0 Å². The van der Waals surface area contributed by atoms with E-state index in [1.165, 1.54) is 0 Å². The summed E-state index contributed by atoms with van der Waals surface area (Å²) in [6.45, 7) is 0.0804. The lowest BCUT2D eigenvalue weighted by atomic mass is 10.3. The first kappa shape index (κ1) is 11.0. The molecule has 0 fully saturated rings. The van der Waals surface area contributed by atoms with Gasteiger partial charge in [-0.15, -0.1) is 0 Å². The molecule has 1 atom stereocenters. The van der Waals surface area contributed by atoms with E-state index in [0.29, 0.717) is 5.16 Å². The number of H-pyrrole nitrogens is 1. The van der Waals surface area contributed by atoms with Gasteiger partial charge in [0, 0.05) is 6.54 Å². The molecule has 16 heavy (non-hydrogen) atoms. The molecule has 0 aliphatic rings. The van der Waals surface area contributed by atoms with Crippen molar-refractivity contribution in [1.82, 2.24) is 9.97 Å². The molecule has 0 amide bonds. The number of benzene rings is 1. The van der Waals surface area contributed by atoms with Gasteiger partial charge in [-0.3, -0.25) is 4.79 Å². The third-order valence-corrected chi connectivity index (χ3v) is 3.21. The normalized spacial score (nSPS) is 12.8. The van der Waals surface area contributed by atoms with Gasteiger partial charge in [0.2, 0.25) is 0 Å². The van der Waals surface area contributed by atoms with Crippen LogP contribution in [0.15, 0.2) is 29.4 Å². The quantitative estimate of drug-likeness (QED) is 0.692. The van der Waals surface area contributed by atoms with E-state index in [2.05, 4.69) is 9.97 Å². The molecule has 0 radical (unpaired) electrons. The molecule has 5 nitrogen and oxygen atoms in total. The lowest BCUT2D eigenvalue weighted by Gasteiger charge is -2.05. The molecule has 1 aromatic heterocycles. The van der Waals surface area contributed by atoms with E-state index in [1.807, 2.05) is 24.3 Å². The molecule has 84 valence electrons. The SMILES string of the molecule is NCC(Sc1nc2ccccc2[nH]1)C(=O)O. The molecule has 1 heterocycles. The molecular formula is C10H11N3O2S. The highest BCUT2D eigenvalue weighted by Gasteiger charge is 2.18. The van der Waals surface area contributed by atoms with Crippen LogP contribution in [0.25, 0.3) is 11.0 Å². The first-order valence-corrected chi connectivity index (χ1v) is 5.63. The zero-order chi connectivity index (χ0) is 11.5. The Morgan fingerprint density at radius 1 is 1.56 bits per heavy atom. The van der Waals surface area contributed by atoms with Gasteiger partial charge in [0.05, 0.1) is 11.0 Å². The molecule has 0 saturated heterocycles. The number of carbonyl (C=O) groups is 1. The lowest BCUT2D eigenvalue weighted by Crippen LogP contribution is -2.25. The maximum atomic E-state index is 10.8. The van der Waals surface area contributed by atoms with Crippen LogP contribution in [-0.2, 0) is 4.79 Å². The van der Waals surface area contributed by atoms with Crippen molar-refractivity contribution in [3.05, 3.63) is 24.3 Å². The Hall–Kier alpha value is -1.53. The highest BCUT2D eigenvalue weighted by molar-refractivity contribution is 8.00. The van der Waals surface area contributed by atoms with Crippen molar-refractivity contribution in [2.45, 2.75) is 10.4 Å². The number of aromatic nitrogens is 2. The van der Waals surface area contributed by atoms with Gasteiger partial charge in [0.1, 0.15) is 5.25 Å². The summed E-state index contributed by atoms with van der Waals surface area (Å²) in [6, 6.07) is 7.54. The van der Waals surface area contributed by atoms with Gasteiger partial charge >= 0.3 is 5.97 Å². The molecule has 6 heteroatoms. The van der Waals surface area contributed by atoms with Gasteiger partial charge in [0.15, 0.2) is 5.16 Å². The number of carboxylic acid groups (broad SMARTS) is 1. The predicted octanol–water partition coefficient (Wildman–Crippen LogP) is 1.07. The van der Waals surface area contributed by atoms with E-state index >= 15 is 0 Å². The molecule has 0 aliphatic heterocycles. The van der Waals surface area contributed by atoms with Crippen LogP contribution in [-0.4, -0.2) is 32.8 Å². The molecule has 2 rings (SSSR count). The predicted molar refractivity (Wildman–Crippen MR) is 62.4 cm³/mol. The standard InChI is InChI=1S/C10H11N3O2S/c11-5-8(9(14)15)16-10-12-6-3-1-2-4-7(6)13-10/h1-4,8H,5,11H2,(H,12,13)(H,14,15). The number of hydrogen-bond donors (Lipinski definition) is 3. The smallest absolute Gasteiger partial charge is 0.318 e. The van der Waals surface area contributed by atoms with Crippen LogP contribution >= 0.6 is 11.8 Å². The van der Waals surface area contributed by atoms with Crippen molar-refractivity contribution in [3.8, 4) is 0 Å². The van der Waals surface area contributed by atoms with Crippen molar-refractivity contribution < 1.29 is 9.90 Å². The number of thioether (sulfide) groups is 1. The number of nitrogens with two attached hydrogens (primary N) is 1. The van der Waals surface area contributed by atoms with E-state index < -0.39 is 11.2 Å². The molecule has 1 aromatic carbocycles. The molecule has 4 N–H and O–H groups in total. The number of carboxylic acids is 1. The number of nitrogens with one attached hydrogen (secondary N) is 1. The fourth-order valence-corrected chi connectivity index (χ4v) is 2.11. The van der Waals surface area contributed by atoms with E-state index in [1.54, 1.807) is 0 Å². The average molecular weight is 237 g/mol. The second kappa shape index (κ2) is 4.54. The summed E-state index contributed by atoms with van der Waals surface area (Å²) in [5.74, 6) is -0.923. The Labute approximate surface area is 96.1 Å².